The molecule has 0 fully saturated rings. The zero-order valence-electron chi connectivity index (χ0n) is 16.6. The fourth-order valence-corrected chi connectivity index (χ4v) is 4.67. The van der Waals surface area contributed by atoms with E-state index in [1.807, 2.05) is 0 Å². The SMILES string of the molecule is CCN(CC)S(=O)(=O)c1cc(NC(=O)CCCOc2ccc(F)cc2F)ccc1Cl. The summed E-state index contributed by atoms with van der Waals surface area (Å²) < 4.78 is 58.2. The molecule has 2 aromatic carbocycles. The molecule has 2 rings (SSSR count). The molecule has 0 saturated heterocycles. The fourth-order valence-electron chi connectivity index (χ4n) is 2.71. The number of amides is 1. The standard InChI is InChI=1S/C20H23ClF2N2O4S/c1-3-25(4-2)30(27,28)19-13-15(8-9-16(19)21)24-20(26)6-5-11-29-18-10-7-14(22)12-17(18)23/h7-10,12-13H,3-6,11H2,1-2H3,(H,24,26). The Balaban J connectivity index is 1.95. The molecule has 1 N–H and O–H groups in total. The Hall–Kier alpha value is -2.23. The third-order valence-electron chi connectivity index (χ3n) is 4.24. The second-order valence-corrected chi connectivity index (χ2v) is 8.62. The Morgan fingerprint density at radius 2 is 1.83 bits per heavy atom. The Kier molecular flexibility index (Phi) is 8.57. The van der Waals surface area contributed by atoms with Crippen molar-refractivity contribution in [1.29, 1.82) is 0 Å². The van der Waals surface area contributed by atoms with Gasteiger partial charge in [-0.3, -0.25) is 4.79 Å². The number of nitrogens with zero attached hydrogens (tertiary/aromatic N) is 1. The molecule has 0 radical (unpaired) electrons. The Morgan fingerprint density at radius 1 is 1.13 bits per heavy atom. The van der Waals surface area contributed by atoms with E-state index in [9.17, 15) is 22.0 Å². The van der Waals surface area contributed by atoms with Gasteiger partial charge in [0.2, 0.25) is 15.9 Å². The topological polar surface area (TPSA) is 75.7 Å². The lowest BCUT2D eigenvalue weighted by molar-refractivity contribution is -0.116. The van der Waals surface area contributed by atoms with Crippen LogP contribution in [0.1, 0.15) is 26.7 Å². The van der Waals surface area contributed by atoms with Crippen LogP contribution in [0.2, 0.25) is 5.02 Å². The first-order valence-corrected chi connectivity index (χ1v) is 11.2. The molecule has 0 aliphatic heterocycles. The second-order valence-electron chi connectivity index (χ2n) is 6.31. The summed E-state index contributed by atoms with van der Waals surface area (Å²) in [5, 5.41) is 2.68. The average Bonchev–Trinajstić information content (AvgIpc) is 2.68. The highest BCUT2D eigenvalue weighted by Gasteiger charge is 2.25. The number of carbonyl (C=O) groups excluding carboxylic acids is 1. The molecular weight excluding hydrogens is 438 g/mol. The monoisotopic (exact) mass is 460 g/mol. The smallest absolute Gasteiger partial charge is 0.244 e. The predicted molar refractivity (Wildman–Crippen MR) is 111 cm³/mol. The summed E-state index contributed by atoms with van der Waals surface area (Å²) >= 11 is 6.07. The van der Waals surface area contributed by atoms with E-state index in [4.69, 9.17) is 16.3 Å². The number of rotatable bonds is 10. The van der Waals surface area contributed by atoms with E-state index in [2.05, 4.69) is 5.32 Å². The zero-order valence-corrected chi connectivity index (χ0v) is 18.2. The van der Waals surface area contributed by atoms with E-state index in [0.717, 1.165) is 6.07 Å². The van der Waals surface area contributed by atoms with Crippen LogP contribution < -0.4 is 10.1 Å². The molecule has 0 unspecified atom stereocenters. The molecule has 10 heteroatoms. The molecule has 164 valence electrons. The molecule has 0 bridgehead atoms. The predicted octanol–water partition coefficient (Wildman–Crippen LogP) is 4.45. The molecule has 0 aliphatic carbocycles. The Labute approximate surface area is 179 Å². The summed E-state index contributed by atoms with van der Waals surface area (Å²) in [6, 6.07) is 7.20. The van der Waals surface area contributed by atoms with Crippen molar-refractivity contribution in [3.05, 3.63) is 53.1 Å². The van der Waals surface area contributed by atoms with Crippen LogP contribution >= 0.6 is 11.6 Å². The highest BCUT2D eigenvalue weighted by Crippen LogP contribution is 2.28. The van der Waals surface area contributed by atoms with Gasteiger partial charge in [-0.05, 0) is 36.8 Å². The minimum Gasteiger partial charge on any atom is -0.491 e. The van der Waals surface area contributed by atoms with Crippen molar-refractivity contribution in [2.75, 3.05) is 25.0 Å². The number of hydrogen-bond acceptors (Lipinski definition) is 4. The third kappa shape index (κ3) is 6.13. The van der Waals surface area contributed by atoms with Gasteiger partial charge >= 0.3 is 0 Å². The summed E-state index contributed by atoms with van der Waals surface area (Å²) in [7, 11) is -3.78. The number of nitrogens with one attached hydrogen (secondary N) is 1. The molecule has 6 nitrogen and oxygen atoms in total. The maximum atomic E-state index is 13.5. The van der Waals surface area contributed by atoms with Crippen molar-refractivity contribution < 1.29 is 26.7 Å². The molecule has 0 spiro atoms. The van der Waals surface area contributed by atoms with Crippen molar-refractivity contribution in [3.63, 3.8) is 0 Å². The van der Waals surface area contributed by atoms with Crippen LogP contribution in [0.5, 0.6) is 5.75 Å². The lowest BCUT2D eigenvalue weighted by Gasteiger charge is -2.19. The van der Waals surface area contributed by atoms with Crippen molar-refractivity contribution in [2.24, 2.45) is 0 Å². The van der Waals surface area contributed by atoms with Crippen LogP contribution in [0.15, 0.2) is 41.3 Å². The van der Waals surface area contributed by atoms with E-state index in [1.165, 1.54) is 28.6 Å². The van der Waals surface area contributed by atoms with Gasteiger partial charge in [-0.15, -0.1) is 0 Å². The van der Waals surface area contributed by atoms with Crippen molar-refractivity contribution in [2.45, 2.75) is 31.6 Å². The molecule has 0 saturated carbocycles. The molecule has 0 aliphatic rings. The van der Waals surface area contributed by atoms with Gasteiger partial charge < -0.3 is 10.1 Å². The van der Waals surface area contributed by atoms with Crippen LogP contribution in [0.25, 0.3) is 0 Å². The fraction of sp³-hybridized carbons (Fsp3) is 0.350. The highest BCUT2D eigenvalue weighted by molar-refractivity contribution is 7.89. The van der Waals surface area contributed by atoms with Gasteiger partial charge in [-0.2, -0.15) is 4.31 Å². The van der Waals surface area contributed by atoms with Crippen LogP contribution in [0.3, 0.4) is 0 Å². The summed E-state index contributed by atoms with van der Waals surface area (Å²) in [4.78, 5) is 12.1. The summed E-state index contributed by atoms with van der Waals surface area (Å²) in [5.41, 5.74) is 0.292. The van der Waals surface area contributed by atoms with Crippen LogP contribution in [0.4, 0.5) is 14.5 Å². The Morgan fingerprint density at radius 3 is 2.47 bits per heavy atom. The van der Waals surface area contributed by atoms with Gasteiger partial charge in [-0.1, -0.05) is 25.4 Å². The number of hydrogen-bond donors (Lipinski definition) is 1. The summed E-state index contributed by atoms with van der Waals surface area (Å²) in [5.74, 6) is -1.99. The molecule has 0 atom stereocenters. The van der Waals surface area contributed by atoms with Gasteiger partial charge in [0.1, 0.15) is 10.7 Å². The normalized spacial score (nSPS) is 11.5. The maximum absolute atomic E-state index is 13.5. The van der Waals surface area contributed by atoms with E-state index in [1.54, 1.807) is 13.8 Å². The van der Waals surface area contributed by atoms with E-state index in [0.29, 0.717) is 24.8 Å². The molecule has 2 aromatic rings. The minimum atomic E-state index is -3.78. The number of benzene rings is 2. The van der Waals surface area contributed by atoms with E-state index >= 15 is 0 Å². The van der Waals surface area contributed by atoms with Crippen molar-refractivity contribution >= 4 is 33.2 Å². The molecule has 0 heterocycles. The van der Waals surface area contributed by atoms with E-state index < -0.39 is 21.7 Å². The highest BCUT2D eigenvalue weighted by atomic mass is 35.5. The summed E-state index contributed by atoms with van der Waals surface area (Å²) in [6.45, 7) is 4.08. The first-order chi connectivity index (χ1) is 14.2. The number of sulfonamides is 1. The van der Waals surface area contributed by atoms with Crippen molar-refractivity contribution in [3.8, 4) is 5.75 Å². The molecule has 0 aromatic heterocycles. The van der Waals surface area contributed by atoms with Crippen LogP contribution in [-0.4, -0.2) is 38.3 Å². The lowest BCUT2D eigenvalue weighted by atomic mass is 10.2. The van der Waals surface area contributed by atoms with Gasteiger partial charge in [0, 0.05) is 31.3 Å². The van der Waals surface area contributed by atoms with Crippen molar-refractivity contribution in [1.82, 2.24) is 4.31 Å². The lowest BCUT2D eigenvalue weighted by Crippen LogP contribution is -2.30. The summed E-state index contributed by atoms with van der Waals surface area (Å²) in [6.07, 6.45) is 0.338. The minimum absolute atomic E-state index is 0.0537. The van der Waals surface area contributed by atoms with Gasteiger partial charge in [0.05, 0.1) is 11.6 Å². The second kappa shape index (κ2) is 10.7. The number of halogens is 3. The first kappa shape index (κ1) is 24.0. The number of carbonyl (C=O) groups is 1. The Bertz CT molecular complexity index is 998. The van der Waals surface area contributed by atoms with Gasteiger partial charge in [-0.25, -0.2) is 17.2 Å². The van der Waals surface area contributed by atoms with Crippen LogP contribution in [0, 0.1) is 11.6 Å². The van der Waals surface area contributed by atoms with E-state index in [-0.39, 0.29) is 41.0 Å². The third-order valence-corrected chi connectivity index (χ3v) is 6.77. The molecular formula is C20H23ClF2N2O4S. The number of anilines is 1. The largest absolute Gasteiger partial charge is 0.491 e. The molecule has 1 amide bonds. The first-order valence-electron chi connectivity index (χ1n) is 9.36. The molecule has 30 heavy (non-hydrogen) atoms. The van der Waals surface area contributed by atoms with Crippen LogP contribution in [-0.2, 0) is 14.8 Å². The van der Waals surface area contributed by atoms with Gasteiger partial charge in [0.15, 0.2) is 11.6 Å². The number of ether oxygens (including phenoxy) is 1. The maximum Gasteiger partial charge on any atom is 0.244 e. The van der Waals surface area contributed by atoms with Gasteiger partial charge in [0.25, 0.3) is 0 Å². The average molecular weight is 461 g/mol. The quantitative estimate of drug-likeness (QED) is 0.531. The zero-order chi connectivity index (χ0) is 22.3.